The maximum absolute atomic E-state index is 11.4. The lowest BCUT2D eigenvalue weighted by atomic mass is 10.3. The Balaban J connectivity index is 2.47. The lowest BCUT2D eigenvalue weighted by molar-refractivity contribution is -0.120. The molecule has 0 aromatic heterocycles. The highest BCUT2D eigenvalue weighted by molar-refractivity contribution is 7.90. The highest BCUT2D eigenvalue weighted by atomic mass is 32.2. The first kappa shape index (κ1) is 11.5. The van der Waals surface area contributed by atoms with Crippen LogP contribution in [0.5, 0.6) is 0 Å². The molecule has 1 amide bonds. The van der Waals surface area contributed by atoms with Crippen molar-refractivity contribution >= 4 is 15.9 Å². The van der Waals surface area contributed by atoms with Crippen LogP contribution in [0.1, 0.15) is 27.2 Å². The minimum atomic E-state index is -3.41. The standard InChI is InChI=1S/C9H17NO3S/c1-6(2)5-14(12,13)10-9(11)8-4-7(8)3/h6-8H,4-5H2,1-3H3,(H,10,11)/t7-,8+/m0/s1. The maximum Gasteiger partial charge on any atom is 0.236 e. The van der Waals surface area contributed by atoms with Gasteiger partial charge in [0.05, 0.1) is 5.75 Å². The van der Waals surface area contributed by atoms with Crippen molar-refractivity contribution in [2.45, 2.75) is 27.2 Å². The van der Waals surface area contributed by atoms with E-state index >= 15 is 0 Å². The number of carbonyl (C=O) groups is 1. The van der Waals surface area contributed by atoms with E-state index in [9.17, 15) is 13.2 Å². The smallest absolute Gasteiger partial charge is 0.236 e. The molecule has 1 fully saturated rings. The van der Waals surface area contributed by atoms with E-state index in [4.69, 9.17) is 0 Å². The van der Waals surface area contributed by atoms with Gasteiger partial charge in [-0.1, -0.05) is 20.8 Å². The quantitative estimate of drug-likeness (QED) is 0.758. The Morgan fingerprint density at radius 1 is 1.50 bits per heavy atom. The predicted octanol–water partition coefficient (Wildman–Crippen LogP) is 0.744. The van der Waals surface area contributed by atoms with Crippen LogP contribution in [0, 0.1) is 17.8 Å². The van der Waals surface area contributed by atoms with Gasteiger partial charge in [-0.2, -0.15) is 0 Å². The fourth-order valence-electron chi connectivity index (χ4n) is 1.40. The molecule has 0 unspecified atom stereocenters. The minimum absolute atomic E-state index is 0.0137. The molecule has 1 saturated carbocycles. The summed E-state index contributed by atoms with van der Waals surface area (Å²) < 4.78 is 24.8. The van der Waals surface area contributed by atoms with Gasteiger partial charge >= 0.3 is 0 Å². The third kappa shape index (κ3) is 3.29. The van der Waals surface area contributed by atoms with Crippen LogP contribution >= 0.6 is 0 Å². The lowest BCUT2D eigenvalue weighted by Crippen LogP contribution is -2.35. The van der Waals surface area contributed by atoms with Crippen molar-refractivity contribution in [3.8, 4) is 0 Å². The summed E-state index contributed by atoms with van der Waals surface area (Å²) in [6, 6.07) is 0. The van der Waals surface area contributed by atoms with Gasteiger partial charge in [0.2, 0.25) is 15.9 Å². The fourth-order valence-corrected chi connectivity index (χ4v) is 2.82. The molecule has 82 valence electrons. The summed E-state index contributed by atoms with van der Waals surface area (Å²) in [6.45, 7) is 5.56. The van der Waals surface area contributed by atoms with Gasteiger partial charge in [0, 0.05) is 5.92 Å². The second kappa shape index (κ2) is 3.88. The van der Waals surface area contributed by atoms with E-state index in [0.717, 1.165) is 6.42 Å². The van der Waals surface area contributed by atoms with Gasteiger partial charge < -0.3 is 0 Å². The van der Waals surface area contributed by atoms with Crippen LogP contribution in [0.2, 0.25) is 0 Å². The number of amides is 1. The highest BCUT2D eigenvalue weighted by Gasteiger charge is 2.40. The Morgan fingerprint density at radius 3 is 2.36 bits per heavy atom. The predicted molar refractivity (Wildman–Crippen MR) is 54.0 cm³/mol. The molecule has 4 nitrogen and oxygen atoms in total. The number of sulfonamides is 1. The fraction of sp³-hybridized carbons (Fsp3) is 0.889. The average molecular weight is 219 g/mol. The topological polar surface area (TPSA) is 63.2 Å². The van der Waals surface area contributed by atoms with E-state index < -0.39 is 10.0 Å². The average Bonchev–Trinajstić information content (AvgIpc) is 2.61. The van der Waals surface area contributed by atoms with Gasteiger partial charge in [0.25, 0.3) is 0 Å². The van der Waals surface area contributed by atoms with Gasteiger partial charge in [0.1, 0.15) is 0 Å². The Bertz CT molecular complexity index is 321. The van der Waals surface area contributed by atoms with Gasteiger partial charge in [-0.3, -0.25) is 9.52 Å². The SMILES string of the molecule is CC(C)CS(=O)(=O)NC(=O)[C@@H]1C[C@@H]1C. The van der Waals surface area contributed by atoms with Crippen LogP contribution < -0.4 is 4.72 Å². The maximum atomic E-state index is 11.4. The van der Waals surface area contributed by atoms with Crippen molar-refractivity contribution in [2.75, 3.05) is 5.75 Å². The van der Waals surface area contributed by atoms with Crippen LogP contribution in [-0.4, -0.2) is 20.1 Å². The zero-order valence-corrected chi connectivity index (χ0v) is 9.60. The van der Waals surface area contributed by atoms with Crippen LogP contribution in [0.3, 0.4) is 0 Å². The molecule has 1 aliphatic carbocycles. The lowest BCUT2D eigenvalue weighted by Gasteiger charge is -2.07. The molecule has 5 heteroatoms. The van der Waals surface area contributed by atoms with E-state index in [-0.39, 0.29) is 23.5 Å². The van der Waals surface area contributed by atoms with Crippen LogP contribution in [-0.2, 0) is 14.8 Å². The van der Waals surface area contributed by atoms with Crippen molar-refractivity contribution < 1.29 is 13.2 Å². The molecule has 0 heterocycles. The molecule has 0 saturated heterocycles. The van der Waals surface area contributed by atoms with E-state index in [0.29, 0.717) is 5.92 Å². The normalized spacial score (nSPS) is 26.3. The van der Waals surface area contributed by atoms with Gasteiger partial charge in [-0.25, -0.2) is 8.42 Å². The Hall–Kier alpha value is -0.580. The van der Waals surface area contributed by atoms with E-state index in [1.807, 2.05) is 20.8 Å². The molecule has 1 rings (SSSR count). The molecule has 0 aromatic carbocycles. The number of hydrogen-bond acceptors (Lipinski definition) is 3. The van der Waals surface area contributed by atoms with Crippen molar-refractivity contribution in [3.63, 3.8) is 0 Å². The van der Waals surface area contributed by atoms with Gasteiger partial charge in [0.15, 0.2) is 0 Å². The summed E-state index contributed by atoms with van der Waals surface area (Å²) in [5, 5.41) is 0. The third-order valence-electron chi connectivity index (χ3n) is 2.26. The first-order valence-corrected chi connectivity index (χ1v) is 6.51. The molecule has 1 N–H and O–H groups in total. The molecule has 14 heavy (non-hydrogen) atoms. The second-order valence-electron chi connectivity index (χ2n) is 4.46. The molecule has 0 aliphatic heterocycles. The summed E-state index contributed by atoms with van der Waals surface area (Å²) in [5.41, 5.74) is 0. The number of hydrogen-bond donors (Lipinski definition) is 1. The van der Waals surface area contributed by atoms with Crippen LogP contribution in [0.4, 0.5) is 0 Å². The third-order valence-corrected chi connectivity index (χ3v) is 3.87. The molecule has 0 spiro atoms. The molecular weight excluding hydrogens is 202 g/mol. The Morgan fingerprint density at radius 2 is 2.00 bits per heavy atom. The number of nitrogens with one attached hydrogen (secondary N) is 1. The minimum Gasteiger partial charge on any atom is -0.274 e. The monoisotopic (exact) mass is 219 g/mol. The molecule has 0 aromatic rings. The highest BCUT2D eigenvalue weighted by Crippen LogP contribution is 2.37. The summed E-state index contributed by atoms with van der Waals surface area (Å²) in [5.74, 6) is -0.0314. The number of rotatable bonds is 4. The molecule has 0 bridgehead atoms. The van der Waals surface area contributed by atoms with Gasteiger partial charge in [-0.15, -0.1) is 0 Å². The summed E-state index contributed by atoms with van der Waals surface area (Å²) in [7, 11) is -3.41. The molecule has 0 radical (unpaired) electrons. The van der Waals surface area contributed by atoms with E-state index in [2.05, 4.69) is 4.72 Å². The molecule has 1 aliphatic rings. The van der Waals surface area contributed by atoms with Crippen molar-refractivity contribution in [3.05, 3.63) is 0 Å². The van der Waals surface area contributed by atoms with Crippen LogP contribution in [0.25, 0.3) is 0 Å². The summed E-state index contributed by atoms with van der Waals surface area (Å²) in [6.07, 6.45) is 0.809. The Labute approximate surface area is 85.1 Å². The Kier molecular flexibility index (Phi) is 3.19. The zero-order valence-electron chi connectivity index (χ0n) is 8.78. The molecule has 2 atom stereocenters. The number of carbonyl (C=O) groups excluding carboxylic acids is 1. The zero-order chi connectivity index (χ0) is 10.9. The van der Waals surface area contributed by atoms with E-state index in [1.54, 1.807) is 0 Å². The summed E-state index contributed by atoms with van der Waals surface area (Å²) >= 11 is 0. The van der Waals surface area contributed by atoms with Crippen molar-refractivity contribution in [1.82, 2.24) is 4.72 Å². The van der Waals surface area contributed by atoms with Crippen molar-refractivity contribution in [1.29, 1.82) is 0 Å². The second-order valence-corrected chi connectivity index (χ2v) is 6.23. The summed E-state index contributed by atoms with van der Waals surface area (Å²) in [4.78, 5) is 11.3. The van der Waals surface area contributed by atoms with E-state index in [1.165, 1.54) is 0 Å². The molecular formula is C9H17NO3S. The van der Waals surface area contributed by atoms with Crippen LogP contribution in [0.15, 0.2) is 0 Å². The first-order chi connectivity index (χ1) is 6.32. The largest absolute Gasteiger partial charge is 0.274 e. The van der Waals surface area contributed by atoms with Crippen molar-refractivity contribution in [2.24, 2.45) is 17.8 Å². The first-order valence-electron chi connectivity index (χ1n) is 4.86. The van der Waals surface area contributed by atoms with Gasteiger partial charge in [-0.05, 0) is 18.3 Å².